The summed E-state index contributed by atoms with van der Waals surface area (Å²) in [5.41, 5.74) is 0.340. The van der Waals surface area contributed by atoms with E-state index in [1.165, 1.54) is 6.07 Å². The van der Waals surface area contributed by atoms with Crippen LogP contribution in [0.5, 0.6) is 5.75 Å². The quantitative estimate of drug-likeness (QED) is 0.408. The Morgan fingerprint density at radius 3 is 2.56 bits per heavy atom. The Kier molecular flexibility index (Phi) is 6.13. The van der Waals surface area contributed by atoms with Crippen molar-refractivity contribution in [1.29, 1.82) is 0 Å². The summed E-state index contributed by atoms with van der Waals surface area (Å²) in [5, 5.41) is 33.1. The van der Waals surface area contributed by atoms with Crippen LogP contribution < -0.4 is 10.6 Å². The van der Waals surface area contributed by atoms with Gasteiger partial charge >= 0.3 is 5.97 Å². The molecule has 18 heavy (non-hydrogen) atoms. The Morgan fingerprint density at radius 2 is 1.94 bits per heavy atom. The van der Waals surface area contributed by atoms with E-state index in [4.69, 9.17) is 10.2 Å². The number of nitrogens with one attached hydrogen (secondary N) is 2. The first-order chi connectivity index (χ1) is 8.66. The molecule has 0 saturated heterocycles. The molecule has 0 spiro atoms. The second kappa shape index (κ2) is 7.65. The van der Waals surface area contributed by atoms with Gasteiger partial charge in [0, 0.05) is 25.2 Å². The molecule has 1 unspecified atom stereocenters. The summed E-state index contributed by atoms with van der Waals surface area (Å²) in [6.07, 6.45) is 0. The predicted molar refractivity (Wildman–Crippen MR) is 66.4 cm³/mol. The lowest BCUT2D eigenvalue weighted by Crippen LogP contribution is -2.35. The highest BCUT2D eigenvalue weighted by atomic mass is 16.4. The van der Waals surface area contributed by atoms with Crippen LogP contribution in [0.15, 0.2) is 24.3 Å². The Balaban J connectivity index is 2.56. The van der Waals surface area contributed by atoms with Crippen molar-refractivity contribution in [2.75, 3.05) is 26.2 Å². The zero-order valence-electron chi connectivity index (χ0n) is 9.97. The minimum Gasteiger partial charge on any atom is -0.508 e. The molecule has 0 amide bonds. The summed E-state index contributed by atoms with van der Waals surface area (Å²) in [7, 11) is 0. The minimum absolute atomic E-state index is 0.0410. The van der Waals surface area contributed by atoms with Gasteiger partial charge in [0.25, 0.3) is 0 Å². The van der Waals surface area contributed by atoms with Gasteiger partial charge in [-0.15, -0.1) is 0 Å². The SMILES string of the molecule is O=C(O)C(NCCNCCO)c1ccccc1O. The fourth-order valence-electron chi connectivity index (χ4n) is 1.57. The minimum atomic E-state index is -1.04. The van der Waals surface area contributed by atoms with Crippen molar-refractivity contribution in [2.45, 2.75) is 6.04 Å². The maximum Gasteiger partial charge on any atom is 0.325 e. The lowest BCUT2D eigenvalue weighted by atomic mass is 10.1. The second-order valence-electron chi connectivity index (χ2n) is 3.76. The lowest BCUT2D eigenvalue weighted by molar-refractivity contribution is -0.139. The molecule has 0 aliphatic heterocycles. The van der Waals surface area contributed by atoms with Crippen molar-refractivity contribution < 1.29 is 20.1 Å². The predicted octanol–water partition coefficient (Wildman–Crippen LogP) is -0.311. The van der Waals surface area contributed by atoms with Gasteiger partial charge in [-0.3, -0.25) is 10.1 Å². The van der Waals surface area contributed by atoms with E-state index in [0.29, 0.717) is 25.2 Å². The van der Waals surface area contributed by atoms with Crippen LogP contribution in [0.3, 0.4) is 0 Å². The standard InChI is InChI=1S/C12H18N2O4/c15-8-7-13-5-6-14-11(12(17)18)9-3-1-2-4-10(9)16/h1-4,11,13-16H,5-8H2,(H,17,18). The molecule has 0 bridgehead atoms. The monoisotopic (exact) mass is 254 g/mol. The maximum absolute atomic E-state index is 11.1. The van der Waals surface area contributed by atoms with Gasteiger partial charge < -0.3 is 20.6 Å². The van der Waals surface area contributed by atoms with Crippen LogP contribution in [-0.2, 0) is 4.79 Å². The fourth-order valence-corrected chi connectivity index (χ4v) is 1.57. The Morgan fingerprint density at radius 1 is 1.22 bits per heavy atom. The molecule has 0 heterocycles. The number of benzene rings is 1. The van der Waals surface area contributed by atoms with Crippen LogP contribution in [0.4, 0.5) is 0 Å². The van der Waals surface area contributed by atoms with Gasteiger partial charge in [0.2, 0.25) is 0 Å². The summed E-state index contributed by atoms with van der Waals surface area (Å²) in [5.74, 6) is -1.08. The van der Waals surface area contributed by atoms with Gasteiger partial charge in [0.1, 0.15) is 11.8 Å². The van der Waals surface area contributed by atoms with E-state index in [-0.39, 0.29) is 12.4 Å². The molecular weight excluding hydrogens is 236 g/mol. The third-order valence-electron chi connectivity index (χ3n) is 2.43. The van der Waals surface area contributed by atoms with E-state index in [1.807, 2.05) is 0 Å². The van der Waals surface area contributed by atoms with Crippen molar-refractivity contribution in [3.8, 4) is 5.75 Å². The number of phenolic OH excluding ortho intramolecular Hbond substituents is 1. The first kappa shape index (κ1) is 14.4. The average molecular weight is 254 g/mol. The second-order valence-corrected chi connectivity index (χ2v) is 3.76. The molecule has 0 radical (unpaired) electrons. The van der Waals surface area contributed by atoms with Crippen LogP contribution in [0.25, 0.3) is 0 Å². The van der Waals surface area contributed by atoms with Crippen molar-refractivity contribution in [3.05, 3.63) is 29.8 Å². The normalized spacial score (nSPS) is 12.3. The highest BCUT2D eigenvalue weighted by molar-refractivity contribution is 5.76. The average Bonchev–Trinajstić information content (AvgIpc) is 2.35. The smallest absolute Gasteiger partial charge is 0.325 e. The van der Waals surface area contributed by atoms with Crippen LogP contribution >= 0.6 is 0 Å². The summed E-state index contributed by atoms with van der Waals surface area (Å²) >= 11 is 0. The number of carboxylic acids is 1. The summed E-state index contributed by atoms with van der Waals surface area (Å²) in [6, 6.07) is 5.40. The van der Waals surface area contributed by atoms with Crippen LogP contribution in [0.2, 0.25) is 0 Å². The van der Waals surface area contributed by atoms with Crippen molar-refractivity contribution >= 4 is 5.97 Å². The molecule has 1 aromatic rings. The van der Waals surface area contributed by atoms with Crippen LogP contribution in [-0.4, -0.2) is 47.5 Å². The number of para-hydroxylation sites is 1. The van der Waals surface area contributed by atoms with Crippen molar-refractivity contribution in [3.63, 3.8) is 0 Å². The largest absolute Gasteiger partial charge is 0.508 e. The molecule has 1 aromatic carbocycles. The summed E-state index contributed by atoms with van der Waals surface area (Å²) < 4.78 is 0. The van der Waals surface area contributed by atoms with E-state index in [9.17, 15) is 9.90 Å². The van der Waals surface area contributed by atoms with Crippen LogP contribution in [0, 0.1) is 0 Å². The van der Waals surface area contributed by atoms with Gasteiger partial charge in [-0.25, -0.2) is 0 Å². The molecule has 6 heteroatoms. The molecule has 1 atom stereocenters. The van der Waals surface area contributed by atoms with Crippen molar-refractivity contribution in [1.82, 2.24) is 10.6 Å². The van der Waals surface area contributed by atoms with E-state index < -0.39 is 12.0 Å². The number of aliphatic carboxylic acids is 1. The first-order valence-corrected chi connectivity index (χ1v) is 5.72. The number of hydrogen-bond donors (Lipinski definition) is 5. The third-order valence-corrected chi connectivity index (χ3v) is 2.43. The first-order valence-electron chi connectivity index (χ1n) is 5.72. The Hall–Kier alpha value is -1.63. The number of carboxylic acid groups (broad SMARTS) is 1. The number of rotatable bonds is 8. The summed E-state index contributed by atoms with van der Waals surface area (Å²) in [4.78, 5) is 11.1. The van der Waals surface area contributed by atoms with Crippen LogP contribution in [0.1, 0.15) is 11.6 Å². The topological polar surface area (TPSA) is 102 Å². The zero-order valence-corrected chi connectivity index (χ0v) is 9.97. The van der Waals surface area contributed by atoms with Gasteiger partial charge in [0.05, 0.1) is 6.61 Å². The van der Waals surface area contributed by atoms with Gasteiger partial charge in [-0.05, 0) is 6.07 Å². The molecule has 0 aromatic heterocycles. The van der Waals surface area contributed by atoms with Gasteiger partial charge in [-0.1, -0.05) is 18.2 Å². The lowest BCUT2D eigenvalue weighted by Gasteiger charge is -2.16. The highest BCUT2D eigenvalue weighted by Crippen LogP contribution is 2.23. The van der Waals surface area contributed by atoms with E-state index in [1.54, 1.807) is 18.2 Å². The Bertz CT molecular complexity index is 384. The zero-order chi connectivity index (χ0) is 13.4. The van der Waals surface area contributed by atoms with E-state index in [0.717, 1.165) is 0 Å². The number of hydrogen-bond acceptors (Lipinski definition) is 5. The Labute approximate surface area is 105 Å². The van der Waals surface area contributed by atoms with E-state index >= 15 is 0 Å². The van der Waals surface area contributed by atoms with Gasteiger partial charge in [0.15, 0.2) is 0 Å². The van der Waals surface area contributed by atoms with Crippen molar-refractivity contribution in [2.24, 2.45) is 0 Å². The molecule has 100 valence electrons. The molecule has 5 N–H and O–H groups in total. The molecule has 0 fully saturated rings. The fraction of sp³-hybridized carbons (Fsp3) is 0.417. The van der Waals surface area contributed by atoms with Gasteiger partial charge in [-0.2, -0.15) is 0 Å². The number of phenols is 1. The molecule has 1 rings (SSSR count). The number of aliphatic hydroxyl groups is 1. The number of aromatic hydroxyl groups is 1. The molecule has 0 aliphatic rings. The van der Waals surface area contributed by atoms with E-state index in [2.05, 4.69) is 10.6 Å². The molecular formula is C12H18N2O4. The molecule has 6 nitrogen and oxygen atoms in total. The third kappa shape index (κ3) is 4.33. The highest BCUT2D eigenvalue weighted by Gasteiger charge is 2.21. The summed E-state index contributed by atoms with van der Waals surface area (Å²) in [6.45, 7) is 1.47. The number of aliphatic hydroxyl groups excluding tert-OH is 1. The maximum atomic E-state index is 11.1. The number of carbonyl (C=O) groups is 1. The molecule has 0 saturated carbocycles. The molecule has 0 aliphatic carbocycles.